The largest absolute Gasteiger partial charge is 0.370 e. The van der Waals surface area contributed by atoms with Crippen molar-refractivity contribution in [2.45, 2.75) is 34.1 Å². The molecule has 2 aromatic carbocycles. The molecule has 0 bridgehead atoms. The van der Waals surface area contributed by atoms with Crippen LogP contribution in [-0.2, 0) is 4.79 Å². The highest BCUT2D eigenvalue weighted by Gasteiger charge is 2.26. The van der Waals surface area contributed by atoms with E-state index < -0.39 is 0 Å². The minimum Gasteiger partial charge on any atom is -0.370 e. The number of allylic oxidation sites excluding steroid dienone is 1. The first-order valence-corrected chi connectivity index (χ1v) is 12.9. The molecule has 35 heavy (non-hydrogen) atoms. The van der Waals surface area contributed by atoms with Crippen molar-refractivity contribution in [3.8, 4) is 0 Å². The maximum atomic E-state index is 12.5. The van der Waals surface area contributed by atoms with Crippen molar-refractivity contribution in [1.29, 1.82) is 0 Å². The lowest BCUT2D eigenvalue weighted by atomic mass is 10.1. The monoisotopic (exact) mass is 496 g/mol. The first-order chi connectivity index (χ1) is 16.9. The Kier molecular flexibility index (Phi) is 11.9. The number of hydrogen-bond donors (Lipinski definition) is 2. The molecular formula is C29H41ClN4O. The third-order valence-electron chi connectivity index (χ3n) is 6.07. The fourth-order valence-corrected chi connectivity index (χ4v) is 4.32. The second-order valence-corrected chi connectivity index (χ2v) is 9.07. The quantitative estimate of drug-likeness (QED) is 0.384. The average molecular weight is 497 g/mol. The number of likely N-dealkylation sites (N-methyl/N-ethyl adjacent to an activating group) is 1. The average Bonchev–Trinajstić information content (AvgIpc) is 3.32. The van der Waals surface area contributed by atoms with Crippen molar-refractivity contribution in [1.82, 2.24) is 10.2 Å². The third kappa shape index (κ3) is 9.08. The van der Waals surface area contributed by atoms with Crippen molar-refractivity contribution in [2.24, 2.45) is 5.92 Å². The van der Waals surface area contributed by atoms with Gasteiger partial charge in [-0.1, -0.05) is 62.4 Å². The zero-order chi connectivity index (χ0) is 25.8. The molecule has 190 valence electrons. The van der Waals surface area contributed by atoms with Crippen molar-refractivity contribution < 1.29 is 4.79 Å². The molecule has 0 radical (unpaired) electrons. The van der Waals surface area contributed by atoms with Crippen LogP contribution >= 0.6 is 11.6 Å². The van der Waals surface area contributed by atoms with Crippen LogP contribution in [0.3, 0.4) is 0 Å². The number of hydrogen-bond acceptors (Lipinski definition) is 4. The summed E-state index contributed by atoms with van der Waals surface area (Å²) in [7, 11) is 0. The molecule has 6 heteroatoms. The Labute approximate surface area is 216 Å². The van der Waals surface area contributed by atoms with Crippen LogP contribution in [0.1, 0.15) is 39.7 Å². The number of carbonyl (C=O) groups excluding carboxylic acids is 1. The van der Waals surface area contributed by atoms with Crippen LogP contribution in [0.25, 0.3) is 5.57 Å². The summed E-state index contributed by atoms with van der Waals surface area (Å²) in [6.45, 7) is 20.8. The lowest BCUT2D eigenvalue weighted by Crippen LogP contribution is -2.40. The minimum absolute atomic E-state index is 0.0674. The van der Waals surface area contributed by atoms with E-state index in [1.165, 1.54) is 0 Å². The SMILES string of the molecule is C=C(C)c1ccc(N(CC)CCNC(=O)CN2CCC(C(=C)Nc3cccc(Cl)c3)C2)cc1.CC. The van der Waals surface area contributed by atoms with Gasteiger partial charge in [0.05, 0.1) is 6.54 Å². The lowest BCUT2D eigenvalue weighted by molar-refractivity contribution is -0.121. The van der Waals surface area contributed by atoms with E-state index in [0.29, 0.717) is 24.0 Å². The molecular weight excluding hydrogens is 456 g/mol. The van der Waals surface area contributed by atoms with E-state index in [4.69, 9.17) is 11.6 Å². The van der Waals surface area contributed by atoms with Crippen LogP contribution in [0, 0.1) is 5.92 Å². The summed E-state index contributed by atoms with van der Waals surface area (Å²) in [6, 6.07) is 16.1. The Morgan fingerprint density at radius 3 is 2.51 bits per heavy atom. The topological polar surface area (TPSA) is 47.6 Å². The summed E-state index contributed by atoms with van der Waals surface area (Å²) >= 11 is 6.06. The standard InChI is InChI=1S/C27H35ClN4O.C2H6/c1-5-32(26-11-9-22(10-12-26)20(2)3)16-14-29-27(33)19-31-15-13-23(18-31)21(4)30-25-8-6-7-24(28)17-25;1-2/h6-12,17,23,30H,2,4-5,13-16,18-19H2,1,3H3,(H,29,33);1-2H3. The van der Waals surface area contributed by atoms with Crippen LogP contribution < -0.4 is 15.5 Å². The summed E-state index contributed by atoms with van der Waals surface area (Å²) in [6.07, 6.45) is 0.990. The van der Waals surface area contributed by atoms with E-state index in [1.54, 1.807) is 0 Å². The fourth-order valence-electron chi connectivity index (χ4n) is 4.13. The predicted octanol–water partition coefficient (Wildman–Crippen LogP) is 6.29. The molecule has 1 aliphatic rings. The number of nitrogens with zero attached hydrogens (tertiary/aromatic N) is 2. The van der Waals surface area contributed by atoms with Gasteiger partial charge in [0.25, 0.3) is 0 Å². The van der Waals surface area contributed by atoms with E-state index in [-0.39, 0.29) is 5.91 Å². The van der Waals surface area contributed by atoms with Gasteiger partial charge in [0.1, 0.15) is 0 Å². The van der Waals surface area contributed by atoms with Gasteiger partial charge in [-0.15, -0.1) is 0 Å². The Hall–Kier alpha value is -2.76. The number of anilines is 2. The Bertz CT molecular complexity index is 973. The third-order valence-corrected chi connectivity index (χ3v) is 6.31. The number of carbonyl (C=O) groups is 1. The summed E-state index contributed by atoms with van der Waals surface area (Å²) in [4.78, 5) is 17.0. The van der Waals surface area contributed by atoms with Gasteiger partial charge in [0.15, 0.2) is 0 Å². The first-order valence-electron chi connectivity index (χ1n) is 12.6. The molecule has 2 aromatic rings. The molecule has 2 N–H and O–H groups in total. The second-order valence-electron chi connectivity index (χ2n) is 8.64. The van der Waals surface area contributed by atoms with Gasteiger partial charge in [-0.25, -0.2) is 0 Å². The van der Waals surface area contributed by atoms with Crippen molar-refractivity contribution in [2.75, 3.05) is 49.5 Å². The van der Waals surface area contributed by atoms with Gasteiger partial charge >= 0.3 is 0 Å². The van der Waals surface area contributed by atoms with Crippen LogP contribution in [0.15, 0.2) is 67.4 Å². The molecule has 3 rings (SSSR count). The van der Waals surface area contributed by atoms with E-state index in [1.807, 2.05) is 45.0 Å². The minimum atomic E-state index is 0.0674. The van der Waals surface area contributed by atoms with Crippen LogP contribution in [-0.4, -0.2) is 50.1 Å². The maximum Gasteiger partial charge on any atom is 0.234 e. The summed E-state index contributed by atoms with van der Waals surface area (Å²) in [5.41, 5.74) is 5.28. The van der Waals surface area contributed by atoms with Gasteiger partial charge < -0.3 is 15.5 Å². The summed E-state index contributed by atoms with van der Waals surface area (Å²) in [5.74, 6) is 0.382. The molecule has 1 saturated heterocycles. The van der Waals surface area contributed by atoms with Crippen molar-refractivity contribution in [3.05, 3.63) is 78.0 Å². The molecule has 0 aromatic heterocycles. The van der Waals surface area contributed by atoms with Crippen LogP contribution in [0.2, 0.25) is 5.02 Å². The summed E-state index contributed by atoms with van der Waals surface area (Å²) < 4.78 is 0. The highest BCUT2D eigenvalue weighted by Crippen LogP contribution is 2.25. The molecule has 1 amide bonds. The molecule has 1 unspecified atom stereocenters. The molecule has 0 spiro atoms. The molecule has 1 aliphatic heterocycles. The Balaban J connectivity index is 0.00000210. The first kappa shape index (κ1) is 28.5. The highest BCUT2D eigenvalue weighted by molar-refractivity contribution is 6.30. The Morgan fingerprint density at radius 2 is 1.89 bits per heavy atom. The van der Waals surface area contributed by atoms with Crippen LogP contribution in [0.5, 0.6) is 0 Å². The number of halogens is 1. The van der Waals surface area contributed by atoms with Crippen LogP contribution in [0.4, 0.5) is 11.4 Å². The Morgan fingerprint density at radius 1 is 1.17 bits per heavy atom. The van der Waals surface area contributed by atoms with E-state index in [2.05, 4.69) is 64.8 Å². The number of rotatable bonds is 11. The van der Waals surface area contributed by atoms with Gasteiger partial charge in [-0.2, -0.15) is 0 Å². The normalized spacial score (nSPS) is 15.1. The van der Waals surface area contributed by atoms with Gasteiger partial charge in [-0.05, 0) is 62.7 Å². The van der Waals surface area contributed by atoms with Gasteiger partial charge in [0.2, 0.25) is 5.91 Å². The maximum absolute atomic E-state index is 12.5. The second kappa shape index (κ2) is 14.6. The number of amides is 1. The van der Waals surface area contributed by atoms with Crippen molar-refractivity contribution in [3.63, 3.8) is 0 Å². The smallest absolute Gasteiger partial charge is 0.234 e. The molecule has 1 fully saturated rings. The van der Waals surface area contributed by atoms with E-state index >= 15 is 0 Å². The van der Waals surface area contributed by atoms with E-state index in [9.17, 15) is 4.79 Å². The predicted molar refractivity (Wildman–Crippen MR) is 152 cm³/mol. The number of benzene rings is 2. The molecule has 0 saturated carbocycles. The molecule has 0 aliphatic carbocycles. The number of likely N-dealkylation sites (tertiary alicyclic amines) is 1. The zero-order valence-corrected chi connectivity index (χ0v) is 22.5. The fraction of sp³-hybridized carbons (Fsp3) is 0.414. The summed E-state index contributed by atoms with van der Waals surface area (Å²) in [5, 5.41) is 7.13. The highest BCUT2D eigenvalue weighted by atomic mass is 35.5. The molecule has 5 nitrogen and oxygen atoms in total. The van der Waals surface area contributed by atoms with Crippen molar-refractivity contribution >= 4 is 34.5 Å². The lowest BCUT2D eigenvalue weighted by Gasteiger charge is -2.24. The molecule has 1 atom stereocenters. The van der Waals surface area contributed by atoms with Gasteiger partial charge in [0, 0.05) is 54.2 Å². The molecule has 1 heterocycles. The zero-order valence-electron chi connectivity index (χ0n) is 21.7. The number of nitrogens with one attached hydrogen (secondary N) is 2. The van der Waals surface area contributed by atoms with E-state index in [0.717, 1.165) is 60.8 Å². The van der Waals surface area contributed by atoms with Gasteiger partial charge in [-0.3, -0.25) is 9.69 Å².